The Morgan fingerprint density at radius 3 is 2.68 bits per heavy atom. The van der Waals surface area contributed by atoms with E-state index in [0.29, 0.717) is 12.8 Å². The quantitative estimate of drug-likeness (QED) is 0.891. The van der Waals surface area contributed by atoms with Crippen LogP contribution in [0.1, 0.15) is 24.8 Å². The molecule has 5 nitrogen and oxygen atoms in total. The third-order valence-corrected chi connectivity index (χ3v) is 5.21. The van der Waals surface area contributed by atoms with Crippen LogP contribution in [0.15, 0.2) is 24.3 Å². The van der Waals surface area contributed by atoms with Gasteiger partial charge in [0.15, 0.2) is 0 Å². The lowest BCUT2D eigenvalue weighted by Gasteiger charge is -2.41. The van der Waals surface area contributed by atoms with Crippen molar-refractivity contribution >= 4 is 23.5 Å². The first-order chi connectivity index (χ1) is 10.5. The van der Waals surface area contributed by atoms with Gasteiger partial charge in [-0.3, -0.25) is 14.5 Å². The van der Waals surface area contributed by atoms with Crippen LogP contribution in [0.3, 0.4) is 0 Å². The third-order valence-electron chi connectivity index (χ3n) is 4.84. The highest BCUT2D eigenvalue weighted by atomic mass is 35.5. The number of hydrogen-bond donors (Lipinski definition) is 2. The van der Waals surface area contributed by atoms with Crippen LogP contribution >= 0.6 is 11.6 Å². The van der Waals surface area contributed by atoms with E-state index in [1.807, 2.05) is 24.3 Å². The van der Waals surface area contributed by atoms with Crippen molar-refractivity contribution in [1.29, 1.82) is 0 Å². The molecule has 1 aromatic carbocycles. The molecule has 2 fully saturated rings. The van der Waals surface area contributed by atoms with E-state index in [1.54, 1.807) is 0 Å². The van der Waals surface area contributed by atoms with E-state index in [1.165, 1.54) is 0 Å². The molecule has 0 saturated carbocycles. The Hall–Kier alpha value is -1.59. The van der Waals surface area contributed by atoms with Gasteiger partial charge in [0.2, 0.25) is 5.91 Å². The average Bonchev–Trinajstić information content (AvgIpc) is 2.81. The summed E-state index contributed by atoms with van der Waals surface area (Å²) in [5, 5.41) is 13.0. The normalized spacial score (nSPS) is 24.4. The molecule has 1 amide bonds. The fourth-order valence-electron chi connectivity index (χ4n) is 3.57. The Bertz CT molecular complexity index is 597. The Morgan fingerprint density at radius 2 is 2.05 bits per heavy atom. The molecule has 0 bridgehead atoms. The van der Waals surface area contributed by atoms with Gasteiger partial charge in [-0.05, 0) is 24.5 Å². The second kappa shape index (κ2) is 5.89. The summed E-state index contributed by atoms with van der Waals surface area (Å²) in [5.41, 5.74) is 0.505. The van der Waals surface area contributed by atoms with Crippen LogP contribution in [0.4, 0.5) is 0 Å². The van der Waals surface area contributed by atoms with E-state index in [-0.39, 0.29) is 12.3 Å². The molecule has 0 aliphatic carbocycles. The van der Waals surface area contributed by atoms with Gasteiger partial charge in [-0.25, -0.2) is 0 Å². The first-order valence-corrected chi connectivity index (χ1v) is 7.87. The monoisotopic (exact) mass is 322 g/mol. The Balaban J connectivity index is 1.66. The zero-order valence-electron chi connectivity index (χ0n) is 12.2. The number of nitrogens with zero attached hydrogens (tertiary/aromatic N) is 1. The number of nitrogens with one attached hydrogen (secondary N) is 1. The van der Waals surface area contributed by atoms with Gasteiger partial charge in [0.1, 0.15) is 0 Å². The zero-order chi connectivity index (χ0) is 15.7. The summed E-state index contributed by atoms with van der Waals surface area (Å²) in [4.78, 5) is 25.3. The Kier molecular flexibility index (Phi) is 4.10. The summed E-state index contributed by atoms with van der Waals surface area (Å²) < 4.78 is 0. The third kappa shape index (κ3) is 2.83. The van der Waals surface area contributed by atoms with Crippen LogP contribution in [0, 0.1) is 5.92 Å². The number of rotatable bonds is 3. The van der Waals surface area contributed by atoms with Crippen molar-refractivity contribution in [3.05, 3.63) is 34.9 Å². The fourth-order valence-corrected chi connectivity index (χ4v) is 3.77. The van der Waals surface area contributed by atoms with Gasteiger partial charge >= 0.3 is 5.97 Å². The number of halogens is 1. The Labute approximate surface area is 134 Å². The molecule has 0 aromatic heterocycles. The summed E-state index contributed by atoms with van der Waals surface area (Å²) in [7, 11) is 0. The second-order valence-electron chi connectivity index (χ2n) is 6.17. The second-order valence-corrected chi connectivity index (χ2v) is 6.57. The predicted molar refractivity (Wildman–Crippen MR) is 82.6 cm³/mol. The number of carbonyl (C=O) groups is 2. The number of carboxylic acids is 1. The molecule has 2 aliphatic heterocycles. The smallest absolute Gasteiger partial charge is 0.309 e. The molecule has 1 spiro atoms. The molecule has 2 heterocycles. The first-order valence-electron chi connectivity index (χ1n) is 7.50. The van der Waals surface area contributed by atoms with Crippen molar-refractivity contribution in [2.24, 2.45) is 5.92 Å². The summed E-state index contributed by atoms with van der Waals surface area (Å²) >= 11 is 6.19. The predicted octanol–water partition coefficient (Wildman–Crippen LogP) is 1.90. The van der Waals surface area contributed by atoms with Crippen molar-refractivity contribution in [2.75, 3.05) is 13.1 Å². The van der Waals surface area contributed by atoms with Crippen molar-refractivity contribution in [3.63, 3.8) is 0 Å². The minimum Gasteiger partial charge on any atom is -0.481 e. The molecule has 3 rings (SSSR count). The van der Waals surface area contributed by atoms with Gasteiger partial charge in [0.25, 0.3) is 0 Å². The van der Waals surface area contributed by atoms with E-state index in [2.05, 4.69) is 10.2 Å². The molecule has 0 radical (unpaired) electrons. The fraction of sp³-hybridized carbons (Fsp3) is 0.500. The highest BCUT2D eigenvalue weighted by molar-refractivity contribution is 6.31. The van der Waals surface area contributed by atoms with E-state index < -0.39 is 17.4 Å². The van der Waals surface area contributed by atoms with Gasteiger partial charge in [-0.15, -0.1) is 0 Å². The van der Waals surface area contributed by atoms with Gasteiger partial charge in [-0.2, -0.15) is 0 Å². The minimum absolute atomic E-state index is 0.0971. The van der Waals surface area contributed by atoms with E-state index >= 15 is 0 Å². The molecule has 6 heteroatoms. The minimum atomic E-state index is -0.877. The van der Waals surface area contributed by atoms with Crippen LogP contribution in [0.25, 0.3) is 0 Å². The van der Waals surface area contributed by atoms with Gasteiger partial charge < -0.3 is 10.4 Å². The summed E-state index contributed by atoms with van der Waals surface area (Å²) in [6.07, 6.45) is 1.43. The van der Waals surface area contributed by atoms with Gasteiger partial charge in [-0.1, -0.05) is 29.8 Å². The maximum atomic E-state index is 11.6. The number of carbonyl (C=O) groups excluding carboxylic acids is 1. The van der Waals surface area contributed by atoms with E-state index in [4.69, 9.17) is 11.6 Å². The first kappa shape index (κ1) is 15.3. The highest BCUT2D eigenvalue weighted by Gasteiger charge is 2.51. The van der Waals surface area contributed by atoms with Crippen LogP contribution in [-0.2, 0) is 16.1 Å². The van der Waals surface area contributed by atoms with Gasteiger partial charge in [0, 0.05) is 31.1 Å². The maximum Gasteiger partial charge on any atom is 0.309 e. The molecular formula is C16H19ClN2O3. The molecule has 1 atom stereocenters. The molecule has 2 saturated heterocycles. The van der Waals surface area contributed by atoms with Crippen molar-refractivity contribution < 1.29 is 14.7 Å². The SMILES string of the molecule is O=C1C[C@@H](C(=O)O)C2(CCN(Cc3ccccc3Cl)CC2)N1. The lowest BCUT2D eigenvalue weighted by molar-refractivity contribution is -0.144. The molecule has 22 heavy (non-hydrogen) atoms. The molecule has 0 unspecified atom stereocenters. The number of hydrogen-bond acceptors (Lipinski definition) is 3. The number of amides is 1. The standard InChI is InChI=1S/C16H19ClN2O3/c17-13-4-2-1-3-11(13)10-19-7-5-16(6-8-19)12(15(21)22)9-14(20)18-16/h1-4,12H,5-10H2,(H,18,20)(H,21,22)/t12-/m0/s1. The average molecular weight is 323 g/mol. The van der Waals surface area contributed by atoms with Crippen LogP contribution < -0.4 is 5.32 Å². The van der Waals surface area contributed by atoms with Crippen molar-refractivity contribution in [3.8, 4) is 0 Å². The van der Waals surface area contributed by atoms with E-state index in [9.17, 15) is 14.7 Å². The number of benzene rings is 1. The van der Waals surface area contributed by atoms with Crippen LogP contribution in [-0.4, -0.2) is 40.5 Å². The molecule has 1 aromatic rings. The summed E-state index contributed by atoms with van der Waals surface area (Å²) in [5.74, 6) is -1.63. The number of likely N-dealkylation sites (tertiary alicyclic amines) is 1. The maximum absolute atomic E-state index is 11.6. The largest absolute Gasteiger partial charge is 0.481 e. The lowest BCUT2D eigenvalue weighted by Crippen LogP contribution is -2.55. The van der Waals surface area contributed by atoms with Crippen molar-refractivity contribution in [2.45, 2.75) is 31.3 Å². The van der Waals surface area contributed by atoms with Crippen molar-refractivity contribution in [1.82, 2.24) is 10.2 Å². The summed E-state index contributed by atoms with van der Waals surface area (Å²) in [6.45, 7) is 2.27. The topological polar surface area (TPSA) is 69.6 Å². The highest BCUT2D eigenvalue weighted by Crippen LogP contribution is 2.37. The Morgan fingerprint density at radius 1 is 1.36 bits per heavy atom. The van der Waals surface area contributed by atoms with Gasteiger partial charge in [0.05, 0.1) is 11.5 Å². The lowest BCUT2D eigenvalue weighted by atomic mass is 9.77. The zero-order valence-corrected chi connectivity index (χ0v) is 13.0. The van der Waals surface area contributed by atoms with E-state index in [0.717, 1.165) is 30.2 Å². The molecular weight excluding hydrogens is 304 g/mol. The number of aliphatic carboxylic acids is 1. The number of carboxylic acid groups (broad SMARTS) is 1. The van der Waals surface area contributed by atoms with Crippen LogP contribution in [0.2, 0.25) is 5.02 Å². The molecule has 2 aliphatic rings. The molecule has 2 N–H and O–H groups in total. The molecule has 118 valence electrons. The number of piperidine rings is 1. The van der Waals surface area contributed by atoms with Crippen LogP contribution in [0.5, 0.6) is 0 Å². The summed E-state index contributed by atoms with van der Waals surface area (Å²) in [6, 6.07) is 7.75.